The first-order chi connectivity index (χ1) is 13.2. The van der Waals surface area contributed by atoms with Gasteiger partial charge in [-0.25, -0.2) is 0 Å². The molecule has 0 spiro atoms. The fourth-order valence-corrected chi connectivity index (χ4v) is 2.56. The van der Waals surface area contributed by atoms with E-state index in [1.165, 1.54) is 0 Å². The van der Waals surface area contributed by atoms with E-state index in [0.29, 0.717) is 18.7 Å². The number of methoxy groups -OCH3 is 2. The van der Waals surface area contributed by atoms with Crippen LogP contribution in [-0.2, 0) is 17.8 Å². The van der Waals surface area contributed by atoms with Crippen molar-refractivity contribution in [3.8, 4) is 17.2 Å². The zero-order chi connectivity index (χ0) is 19.1. The Labute approximate surface area is 157 Å². The minimum atomic E-state index is -0.0601. The molecule has 8 nitrogen and oxygen atoms in total. The molecular weight excluding hydrogens is 346 g/mol. The van der Waals surface area contributed by atoms with Crippen molar-refractivity contribution in [2.24, 2.45) is 0 Å². The number of aryl methyl sites for hydroxylation is 1. The van der Waals surface area contributed by atoms with Gasteiger partial charge in [-0.3, -0.25) is 4.79 Å². The molecule has 1 N–H and O–H groups in total. The second kappa shape index (κ2) is 8.79. The van der Waals surface area contributed by atoms with Gasteiger partial charge in [-0.15, -0.1) is 5.10 Å². The summed E-state index contributed by atoms with van der Waals surface area (Å²) in [5.41, 5.74) is 1.87. The number of nitrogens with zero attached hydrogens (tertiary/aromatic N) is 4. The highest BCUT2D eigenvalue weighted by Gasteiger charge is 2.10. The Balaban J connectivity index is 1.53. The SMILES string of the molecule is COc1ccc(CCC(=O)NCc2nnnn2-c2ccc(OC)cc2)cc1. The number of amides is 1. The molecule has 0 bridgehead atoms. The third-order valence-corrected chi connectivity index (χ3v) is 4.09. The Morgan fingerprint density at radius 2 is 1.63 bits per heavy atom. The van der Waals surface area contributed by atoms with Crippen LogP contribution in [0.3, 0.4) is 0 Å². The number of rotatable bonds is 8. The first-order valence-corrected chi connectivity index (χ1v) is 8.51. The summed E-state index contributed by atoms with van der Waals surface area (Å²) < 4.78 is 11.9. The predicted molar refractivity (Wildman–Crippen MR) is 98.9 cm³/mol. The maximum atomic E-state index is 12.1. The molecule has 0 fully saturated rings. The molecule has 0 unspecified atom stereocenters. The van der Waals surface area contributed by atoms with Gasteiger partial charge in [0.1, 0.15) is 11.5 Å². The topological polar surface area (TPSA) is 91.2 Å². The summed E-state index contributed by atoms with van der Waals surface area (Å²) in [5.74, 6) is 2.04. The fourth-order valence-electron chi connectivity index (χ4n) is 2.56. The van der Waals surface area contributed by atoms with Gasteiger partial charge in [0.15, 0.2) is 5.82 Å². The number of hydrogen-bond acceptors (Lipinski definition) is 6. The molecular formula is C19H21N5O3. The highest BCUT2D eigenvalue weighted by molar-refractivity contribution is 5.76. The molecule has 3 aromatic rings. The van der Waals surface area contributed by atoms with E-state index in [0.717, 1.165) is 22.7 Å². The number of tetrazole rings is 1. The monoisotopic (exact) mass is 367 g/mol. The summed E-state index contributed by atoms with van der Waals surface area (Å²) in [5, 5.41) is 14.5. The number of ether oxygens (including phenoxy) is 2. The quantitative estimate of drug-likeness (QED) is 0.654. The van der Waals surface area contributed by atoms with Gasteiger partial charge in [0.05, 0.1) is 26.5 Å². The van der Waals surface area contributed by atoms with Crippen molar-refractivity contribution in [3.63, 3.8) is 0 Å². The molecule has 3 rings (SSSR count). The number of aromatic nitrogens is 4. The van der Waals surface area contributed by atoms with Gasteiger partial charge in [0.25, 0.3) is 0 Å². The average molecular weight is 367 g/mol. The predicted octanol–water partition coefficient (Wildman–Crippen LogP) is 1.93. The minimum absolute atomic E-state index is 0.0601. The van der Waals surface area contributed by atoms with Crippen LogP contribution in [0.15, 0.2) is 48.5 Å². The van der Waals surface area contributed by atoms with E-state index in [2.05, 4.69) is 20.8 Å². The molecule has 0 radical (unpaired) electrons. The van der Waals surface area contributed by atoms with Crippen LogP contribution in [0, 0.1) is 0 Å². The lowest BCUT2D eigenvalue weighted by Gasteiger charge is -2.07. The molecule has 0 saturated carbocycles. The average Bonchev–Trinajstić information content (AvgIpc) is 3.19. The van der Waals surface area contributed by atoms with Gasteiger partial charge in [-0.1, -0.05) is 12.1 Å². The zero-order valence-electron chi connectivity index (χ0n) is 15.3. The van der Waals surface area contributed by atoms with Gasteiger partial charge < -0.3 is 14.8 Å². The van der Waals surface area contributed by atoms with E-state index in [-0.39, 0.29) is 12.5 Å². The van der Waals surface area contributed by atoms with Crippen LogP contribution < -0.4 is 14.8 Å². The molecule has 0 atom stereocenters. The van der Waals surface area contributed by atoms with Crippen LogP contribution in [0.4, 0.5) is 0 Å². The Hall–Kier alpha value is -3.42. The lowest BCUT2D eigenvalue weighted by Crippen LogP contribution is -2.25. The summed E-state index contributed by atoms with van der Waals surface area (Å²) in [6.07, 6.45) is 1.04. The van der Waals surface area contributed by atoms with Crippen molar-refractivity contribution in [1.82, 2.24) is 25.5 Å². The summed E-state index contributed by atoms with van der Waals surface area (Å²) in [6.45, 7) is 0.250. The first kappa shape index (κ1) is 18.4. The smallest absolute Gasteiger partial charge is 0.220 e. The van der Waals surface area contributed by atoms with Crippen LogP contribution in [0.25, 0.3) is 5.69 Å². The van der Waals surface area contributed by atoms with Crippen LogP contribution >= 0.6 is 0 Å². The number of benzene rings is 2. The molecule has 0 saturated heterocycles. The van der Waals surface area contributed by atoms with Crippen molar-refractivity contribution in [3.05, 3.63) is 59.9 Å². The third-order valence-electron chi connectivity index (χ3n) is 4.09. The van der Waals surface area contributed by atoms with Crippen LogP contribution in [-0.4, -0.2) is 40.3 Å². The molecule has 1 aromatic heterocycles. The van der Waals surface area contributed by atoms with E-state index < -0.39 is 0 Å². The van der Waals surface area contributed by atoms with Gasteiger partial charge >= 0.3 is 0 Å². The summed E-state index contributed by atoms with van der Waals surface area (Å²) >= 11 is 0. The number of carbonyl (C=O) groups excluding carboxylic acids is 1. The van der Waals surface area contributed by atoms with Gasteiger partial charge in [0, 0.05) is 6.42 Å². The molecule has 1 heterocycles. The number of hydrogen-bond donors (Lipinski definition) is 1. The van der Waals surface area contributed by atoms with Crippen molar-refractivity contribution < 1.29 is 14.3 Å². The Kier molecular flexibility index (Phi) is 5.98. The van der Waals surface area contributed by atoms with E-state index in [9.17, 15) is 4.79 Å². The van der Waals surface area contributed by atoms with Gasteiger partial charge in [0.2, 0.25) is 5.91 Å². The van der Waals surface area contributed by atoms with Crippen LogP contribution in [0.2, 0.25) is 0 Å². The molecule has 0 aliphatic carbocycles. The molecule has 1 amide bonds. The van der Waals surface area contributed by atoms with Crippen molar-refractivity contribution in [2.45, 2.75) is 19.4 Å². The second-order valence-electron chi connectivity index (χ2n) is 5.83. The van der Waals surface area contributed by atoms with Gasteiger partial charge in [-0.2, -0.15) is 4.68 Å². The molecule has 8 heteroatoms. The normalized spacial score (nSPS) is 10.4. The maximum Gasteiger partial charge on any atom is 0.220 e. The van der Waals surface area contributed by atoms with E-state index in [4.69, 9.17) is 9.47 Å². The Bertz CT molecular complexity index is 875. The standard InChI is InChI=1S/C19H21N5O3/c1-26-16-8-3-14(4-9-16)5-12-19(25)20-13-18-21-22-23-24(18)15-6-10-17(27-2)11-7-15/h3-4,6-11H,5,12-13H2,1-2H3,(H,20,25). The van der Waals surface area contributed by atoms with E-state index >= 15 is 0 Å². The van der Waals surface area contributed by atoms with E-state index in [1.807, 2.05) is 48.5 Å². The van der Waals surface area contributed by atoms with Gasteiger partial charge in [-0.05, 0) is 58.8 Å². The Morgan fingerprint density at radius 1 is 1.00 bits per heavy atom. The van der Waals surface area contributed by atoms with Crippen molar-refractivity contribution in [1.29, 1.82) is 0 Å². The summed E-state index contributed by atoms with van der Waals surface area (Å²) in [7, 11) is 3.24. The molecule has 140 valence electrons. The first-order valence-electron chi connectivity index (χ1n) is 8.51. The molecule has 2 aromatic carbocycles. The summed E-state index contributed by atoms with van der Waals surface area (Å²) in [4.78, 5) is 12.1. The third kappa shape index (κ3) is 4.81. The second-order valence-corrected chi connectivity index (χ2v) is 5.83. The minimum Gasteiger partial charge on any atom is -0.497 e. The molecule has 0 aliphatic heterocycles. The van der Waals surface area contributed by atoms with Crippen LogP contribution in [0.1, 0.15) is 17.8 Å². The van der Waals surface area contributed by atoms with Crippen molar-refractivity contribution in [2.75, 3.05) is 14.2 Å². The zero-order valence-corrected chi connectivity index (χ0v) is 15.3. The highest BCUT2D eigenvalue weighted by atomic mass is 16.5. The highest BCUT2D eigenvalue weighted by Crippen LogP contribution is 2.15. The molecule has 0 aliphatic rings. The van der Waals surface area contributed by atoms with Crippen LogP contribution in [0.5, 0.6) is 11.5 Å². The lowest BCUT2D eigenvalue weighted by molar-refractivity contribution is -0.121. The lowest BCUT2D eigenvalue weighted by atomic mass is 10.1. The fraction of sp³-hybridized carbons (Fsp3) is 0.263. The Morgan fingerprint density at radius 3 is 2.26 bits per heavy atom. The largest absolute Gasteiger partial charge is 0.497 e. The summed E-state index contributed by atoms with van der Waals surface area (Å²) in [6, 6.07) is 15.0. The maximum absolute atomic E-state index is 12.1. The number of carbonyl (C=O) groups is 1. The van der Waals surface area contributed by atoms with E-state index in [1.54, 1.807) is 18.9 Å². The number of nitrogens with one attached hydrogen (secondary N) is 1. The molecule has 27 heavy (non-hydrogen) atoms. The van der Waals surface area contributed by atoms with Crippen molar-refractivity contribution >= 4 is 5.91 Å².